The molecular weight excluding hydrogens is 332 g/mol. The molecule has 0 unspecified atom stereocenters. The summed E-state index contributed by atoms with van der Waals surface area (Å²) >= 11 is 0. The van der Waals surface area contributed by atoms with Crippen LogP contribution < -0.4 is 5.32 Å². The van der Waals surface area contributed by atoms with Gasteiger partial charge in [0.1, 0.15) is 5.56 Å². The molecule has 0 aliphatic carbocycles. The first-order valence-electron chi connectivity index (χ1n) is 8.38. The molecule has 26 heavy (non-hydrogen) atoms. The van der Waals surface area contributed by atoms with E-state index in [1.165, 1.54) is 6.20 Å². The van der Waals surface area contributed by atoms with Crippen molar-refractivity contribution in [2.75, 3.05) is 5.32 Å². The molecule has 1 amide bonds. The number of hydrogen-bond donors (Lipinski definition) is 2. The lowest BCUT2D eigenvalue weighted by molar-refractivity contribution is -0.137. The van der Waals surface area contributed by atoms with Crippen LogP contribution in [0.15, 0.2) is 36.5 Å². The van der Waals surface area contributed by atoms with Crippen LogP contribution in [0.2, 0.25) is 0 Å². The number of carbonyl (C=O) groups excluding carboxylic acids is 1. The van der Waals surface area contributed by atoms with E-state index in [0.29, 0.717) is 29.7 Å². The van der Waals surface area contributed by atoms with Crippen LogP contribution in [-0.2, 0) is 11.2 Å². The summed E-state index contributed by atoms with van der Waals surface area (Å²) in [5.74, 6) is -1.06. The van der Waals surface area contributed by atoms with Crippen LogP contribution in [0.25, 0.3) is 5.65 Å². The molecule has 2 heterocycles. The second kappa shape index (κ2) is 7.35. The Hall–Kier alpha value is -3.22. The third-order valence-corrected chi connectivity index (χ3v) is 4.09. The summed E-state index contributed by atoms with van der Waals surface area (Å²) in [5, 5.41) is 15.8. The summed E-state index contributed by atoms with van der Waals surface area (Å²) in [7, 11) is 0. The lowest BCUT2D eigenvalue weighted by atomic mass is 10.1. The van der Waals surface area contributed by atoms with Crippen LogP contribution in [0.4, 0.5) is 5.69 Å². The Morgan fingerprint density at radius 1 is 1.19 bits per heavy atom. The van der Waals surface area contributed by atoms with Gasteiger partial charge in [-0.05, 0) is 50.5 Å². The summed E-state index contributed by atoms with van der Waals surface area (Å²) in [5.41, 5.74) is 4.40. The number of hydrogen-bond acceptors (Lipinski definition) is 4. The van der Waals surface area contributed by atoms with Crippen LogP contribution in [0.1, 0.15) is 40.2 Å². The van der Waals surface area contributed by atoms with Crippen molar-refractivity contribution in [2.24, 2.45) is 0 Å². The first-order valence-corrected chi connectivity index (χ1v) is 8.38. The van der Waals surface area contributed by atoms with Gasteiger partial charge in [0.15, 0.2) is 5.65 Å². The van der Waals surface area contributed by atoms with Crippen molar-refractivity contribution in [1.82, 2.24) is 14.6 Å². The summed E-state index contributed by atoms with van der Waals surface area (Å²) in [6.07, 6.45) is 2.95. The Kier molecular flexibility index (Phi) is 4.97. The van der Waals surface area contributed by atoms with E-state index >= 15 is 0 Å². The average Bonchev–Trinajstić information content (AvgIpc) is 3.00. The Balaban J connectivity index is 1.71. The molecule has 1 aromatic carbocycles. The molecule has 7 nitrogen and oxygen atoms in total. The minimum absolute atomic E-state index is 0.152. The normalized spacial score (nSPS) is 10.8. The molecular formula is C19H20N4O3. The van der Waals surface area contributed by atoms with Crippen molar-refractivity contribution in [1.29, 1.82) is 0 Å². The van der Waals surface area contributed by atoms with Gasteiger partial charge < -0.3 is 10.4 Å². The Morgan fingerprint density at radius 2 is 1.92 bits per heavy atom. The minimum atomic E-state index is -0.790. The van der Waals surface area contributed by atoms with Gasteiger partial charge in [-0.15, -0.1) is 0 Å². The topological polar surface area (TPSA) is 96.6 Å². The molecule has 0 fully saturated rings. The van der Waals surface area contributed by atoms with Crippen molar-refractivity contribution in [3.05, 3.63) is 59.0 Å². The maximum Gasteiger partial charge on any atom is 0.303 e. The molecule has 0 radical (unpaired) electrons. The zero-order valence-electron chi connectivity index (χ0n) is 14.7. The average molecular weight is 352 g/mol. The Morgan fingerprint density at radius 3 is 2.62 bits per heavy atom. The van der Waals surface area contributed by atoms with E-state index in [1.54, 1.807) is 4.52 Å². The number of fused-ring (bicyclic) bond motifs is 1. The van der Waals surface area contributed by atoms with Gasteiger partial charge in [0, 0.05) is 23.5 Å². The van der Waals surface area contributed by atoms with Gasteiger partial charge >= 0.3 is 5.97 Å². The molecule has 0 atom stereocenters. The van der Waals surface area contributed by atoms with Crippen LogP contribution in [-0.4, -0.2) is 31.6 Å². The van der Waals surface area contributed by atoms with Crippen molar-refractivity contribution in [2.45, 2.75) is 33.1 Å². The number of benzene rings is 1. The quantitative estimate of drug-likeness (QED) is 0.711. The van der Waals surface area contributed by atoms with Crippen LogP contribution in [0.5, 0.6) is 0 Å². The molecule has 0 spiro atoms. The third kappa shape index (κ3) is 3.88. The molecule has 0 aliphatic rings. The van der Waals surface area contributed by atoms with Crippen molar-refractivity contribution < 1.29 is 14.7 Å². The Bertz CT molecular complexity index is 961. The van der Waals surface area contributed by atoms with Gasteiger partial charge in [0.2, 0.25) is 0 Å². The zero-order valence-corrected chi connectivity index (χ0v) is 14.7. The number of nitrogens with one attached hydrogen (secondary N) is 1. The zero-order chi connectivity index (χ0) is 18.7. The maximum atomic E-state index is 12.6. The minimum Gasteiger partial charge on any atom is -0.481 e. The van der Waals surface area contributed by atoms with Crippen molar-refractivity contribution >= 4 is 23.2 Å². The highest BCUT2D eigenvalue weighted by Gasteiger charge is 2.15. The van der Waals surface area contributed by atoms with Crippen molar-refractivity contribution in [3.63, 3.8) is 0 Å². The first-order chi connectivity index (χ1) is 12.4. The fraction of sp³-hybridized carbons (Fsp3) is 0.263. The van der Waals surface area contributed by atoms with Crippen LogP contribution >= 0.6 is 0 Å². The fourth-order valence-electron chi connectivity index (χ4n) is 2.83. The number of nitrogens with zero attached hydrogens (tertiary/aromatic N) is 3. The monoisotopic (exact) mass is 352 g/mol. The number of amides is 1. The van der Waals surface area contributed by atoms with Gasteiger partial charge in [-0.3, -0.25) is 9.59 Å². The van der Waals surface area contributed by atoms with Crippen LogP contribution in [0.3, 0.4) is 0 Å². The summed E-state index contributed by atoms with van der Waals surface area (Å²) < 4.78 is 1.65. The molecule has 0 bridgehead atoms. The van der Waals surface area contributed by atoms with E-state index in [9.17, 15) is 9.59 Å². The number of aryl methyl sites for hydroxylation is 3. The highest BCUT2D eigenvalue weighted by molar-refractivity contribution is 6.08. The van der Waals surface area contributed by atoms with Crippen LogP contribution in [0, 0.1) is 13.8 Å². The highest BCUT2D eigenvalue weighted by Crippen LogP contribution is 2.16. The first kappa shape index (κ1) is 17.6. The van der Waals surface area contributed by atoms with Gasteiger partial charge in [-0.1, -0.05) is 12.1 Å². The molecule has 2 aromatic heterocycles. The third-order valence-electron chi connectivity index (χ3n) is 4.09. The van der Waals surface area contributed by atoms with Gasteiger partial charge in [0.05, 0.1) is 6.20 Å². The molecule has 134 valence electrons. The van der Waals surface area contributed by atoms with Crippen molar-refractivity contribution in [3.8, 4) is 0 Å². The fourth-order valence-corrected chi connectivity index (χ4v) is 2.83. The number of rotatable bonds is 6. The number of carboxylic acid groups (broad SMARTS) is 1. The number of carboxylic acids is 1. The lowest BCUT2D eigenvalue weighted by Crippen LogP contribution is -2.12. The second-order valence-corrected chi connectivity index (χ2v) is 6.23. The molecule has 3 rings (SSSR count). The second-order valence-electron chi connectivity index (χ2n) is 6.23. The molecule has 3 aromatic rings. The van der Waals surface area contributed by atoms with Gasteiger partial charge in [0.25, 0.3) is 5.91 Å². The van der Waals surface area contributed by atoms with Gasteiger partial charge in [-0.25, -0.2) is 9.50 Å². The number of aromatic nitrogens is 3. The van der Waals surface area contributed by atoms with E-state index in [0.717, 1.165) is 17.0 Å². The van der Waals surface area contributed by atoms with E-state index in [4.69, 9.17) is 5.11 Å². The number of anilines is 1. The number of carbonyl (C=O) groups is 2. The summed E-state index contributed by atoms with van der Waals surface area (Å²) in [4.78, 5) is 27.5. The van der Waals surface area contributed by atoms with Gasteiger partial charge in [-0.2, -0.15) is 5.10 Å². The predicted molar refractivity (Wildman–Crippen MR) is 97.4 cm³/mol. The molecule has 0 saturated heterocycles. The van der Waals surface area contributed by atoms with E-state index in [-0.39, 0.29) is 12.3 Å². The molecule has 0 saturated carbocycles. The lowest BCUT2D eigenvalue weighted by Gasteiger charge is -2.06. The molecule has 0 aliphatic heterocycles. The van der Waals surface area contributed by atoms with E-state index in [2.05, 4.69) is 15.4 Å². The summed E-state index contributed by atoms with van der Waals surface area (Å²) in [6, 6.07) is 9.30. The van der Waals surface area contributed by atoms with E-state index < -0.39 is 5.97 Å². The maximum absolute atomic E-state index is 12.6. The smallest absolute Gasteiger partial charge is 0.303 e. The SMILES string of the molecule is Cc1cc(C)n2ncc(C(=O)Nc3ccc(CCCC(=O)O)cc3)c2n1. The van der Waals surface area contributed by atoms with E-state index in [1.807, 2.05) is 44.2 Å². The predicted octanol–water partition coefficient (Wildman–Crippen LogP) is 3.01. The Labute approximate surface area is 150 Å². The summed E-state index contributed by atoms with van der Waals surface area (Å²) in [6.45, 7) is 3.80. The largest absolute Gasteiger partial charge is 0.481 e. The molecule has 2 N–H and O–H groups in total. The molecule has 7 heteroatoms. The highest BCUT2D eigenvalue weighted by atomic mass is 16.4. The standard InChI is InChI=1S/C19H20N4O3/c1-12-10-13(2)23-18(21-12)16(11-20-23)19(26)22-15-8-6-14(7-9-15)4-3-5-17(24)25/h6-11H,3-5H2,1-2H3,(H,22,26)(H,24,25). The number of aliphatic carboxylic acids is 1.